The predicted octanol–water partition coefficient (Wildman–Crippen LogP) is 6.24. The zero-order chi connectivity index (χ0) is 22.2. The van der Waals surface area contributed by atoms with Gasteiger partial charge in [0.05, 0.1) is 0 Å². The van der Waals surface area contributed by atoms with Gasteiger partial charge in [-0.1, -0.05) is 20.8 Å². The van der Waals surface area contributed by atoms with Crippen LogP contribution in [0.1, 0.15) is 50.3 Å². The fourth-order valence-corrected chi connectivity index (χ4v) is 4.42. The van der Waals surface area contributed by atoms with Crippen LogP contribution in [0.5, 0.6) is 0 Å². The highest BCUT2D eigenvalue weighted by Crippen LogP contribution is 2.42. The molecule has 0 saturated carbocycles. The number of rotatable bonds is 6. The largest absolute Gasteiger partial charge is 0.329 e. The molecule has 1 N–H and O–H groups in total. The van der Waals surface area contributed by atoms with E-state index in [9.17, 15) is 22.4 Å². The van der Waals surface area contributed by atoms with Gasteiger partial charge < -0.3 is 9.62 Å². The van der Waals surface area contributed by atoms with Crippen LogP contribution in [0.15, 0.2) is 18.2 Å². The van der Waals surface area contributed by atoms with Gasteiger partial charge in [0.15, 0.2) is 23.3 Å². The van der Waals surface area contributed by atoms with Gasteiger partial charge in [0.25, 0.3) is 0 Å². The molecule has 162 valence electrons. The van der Waals surface area contributed by atoms with Gasteiger partial charge in [-0.15, -0.1) is 0 Å². The molecule has 0 aromatic heterocycles. The van der Waals surface area contributed by atoms with Crippen LogP contribution in [0.4, 0.5) is 28.9 Å². The molecule has 1 amide bonds. The zero-order valence-corrected chi connectivity index (χ0v) is 18.2. The molecule has 0 fully saturated rings. The molecule has 3 nitrogen and oxygen atoms in total. The van der Waals surface area contributed by atoms with E-state index in [1.807, 2.05) is 32.9 Å². The third-order valence-electron chi connectivity index (χ3n) is 5.34. The summed E-state index contributed by atoms with van der Waals surface area (Å²) in [6.07, 6.45) is 1.22. The lowest BCUT2D eigenvalue weighted by molar-refractivity contribution is -0.120. The Kier molecular flexibility index (Phi) is 6.36. The lowest BCUT2D eigenvalue weighted by Gasteiger charge is -2.39. The predicted molar refractivity (Wildman–Crippen MR) is 113 cm³/mol. The second-order valence-electron chi connectivity index (χ2n) is 8.09. The summed E-state index contributed by atoms with van der Waals surface area (Å²) in [5, 5.41) is 0. The monoisotopic (exact) mass is 440 g/mol. The van der Waals surface area contributed by atoms with Gasteiger partial charge in [-0.3, -0.25) is 4.79 Å². The molecule has 0 aliphatic carbocycles. The molecule has 1 aliphatic rings. The fourth-order valence-electron chi connectivity index (χ4n) is 3.65. The van der Waals surface area contributed by atoms with Crippen molar-refractivity contribution in [2.24, 2.45) is 0 Å². The molecular weight excluding hydrogens is 416 g/mol. The number of fused-ring (bicyclic) bond motifs is 1. The Bertz CT molecular complexity index is 965. The number of carbonyl (C=O) groups is 1. The van der Waals surface area contributed by atoms with Crippen LogP contribution < -0.4 is 9.62 Å². The molecular formula is C22H24F4N2OS. The van der Waals surface area contributed by atoms with Crippen LogP contribution in [0, 0.1) is 30.2 Å². The Labute approximate surface area is 178 Å². The zero-order valence-electron chi connectivity index (χ0n) is 17.3. The number of benzene rings is 2. The maximum atomic E-state index is 14.0. The average molecular weight is 441 g/mol. The van der Waals surface area contributed by atoms with Gasteiger partial charge in [-0.2, -0.15) is 0 Å². The number of nitrogens with one attached hydrogen (secondary N) is 1. The SMILES string of the molecule is CCCN1C(=O)CC(C)(C)c2cc(NSCc3c(F)c(F)c(C)c(F)c3F)ccc21. The number of anilines is 2. The molecule has 3 rings (SSSR count). The van der Waals surface area contributed by atoms with E-state index in [0.717, 1.165) is 36.5 Å². The van der Waals surface area contributed by atoms with Crippen molar-refractivity contribution in [1.82, 2.24) is 0 Å². The second-order valence-corrected chi connectivity index (χ2v) is 8.87. The first-order chi connectivity index (χ1) is 14.1. The lowest BCUT2D eigenvalue weighted by Crippen LogP contribution is -2.42. The molecule has 30 heavy (non-hydrogen) atoms. The first-order valence-corrected chi connectivity index (χ1v) is 10.7. The summed E-state index contributed by atoms with van der Waals surface area (Å²) in [5.74, 6) is -5.71. The quantitative estimate of drug-likeness (QED) is 0.328. The minimum absolute atomic E-state index is 0.0822. The van der Waals surface area contributed by atoms with E-state index in [1.54, 1.807) is 11.0 Å². The van der Waals surface area contributed by atoms with Crippen molar-refractivity contribution in [2.75, 3.05) is 16.2 Å². The van der Waals surface area contributed by atoms with Crippen molar-refractivity contribution in [3.8, 4) is 0 Å². The van der Waals surface area contributed by atoms with Gasteiger partial charge in [-0.25, -0.2) is 17.6 Å². The molecule has 0 radical (unpaired) electrons. The molecule has 8 heteroatoms. The minimum Gasteiger partial charge on any atom is -0.329 e. The first-order valence-electron chi connectivity index (χ1n) is 9.72. The summed E-state index contributed by atoms with van der Waals surface area (Å²) >= 11 is 0.930. The lowest BCUT2D eigenvalue weighted by atomic mass is 9.77. The number of hydrogen-bond acceptors (Lipinski definition) is 3. The van der Waals surface area contributed by atoms with Crippen molar-refractivity contribution < 1.29 is 22.4 Å². The van der Waals surface area contributed by atoms with Gasteiger partial charge >= 0.3 is 0 Å². The topological polar surface area (TPSA) is 32.3 Å². The molecule has 0 spiro atoms. The maximum Gasteiger partial charge on any atom is 0.227 e. The Balaban J connectivity index is 1.81. The number of halogens is 4. The summed E-state index contributed by atoms with van der Waals surface area (Å²) in [5.41, 5.74) is 0.840. The van der Waals surface area contributed by atoms with Crippen molar-refractivity contribution in [3.63, 3.8) is 0 Å². The van der Waals surface area contributed by atoms with Crippen LogP contribution in [-0.2, 0) is 16.0 Å². The second kappa shape index (κ2) is 8.49. The molecule has 0 atom stereocenters. The van der Waals surface area contributed by atoms with Gasteiger partial charge in [-0.05, 0) is 49.1 Å². The molecule has 2 aromatic carbocycles. The smallest absolute Gasteiger partial charge is 0.227 e. The van der Waals surface area contributed by atoms with E-state index in [-0.39, 0.29) is 17.1 Å². The van der Waals surface area contributed by atoms with E-state index in [0.29, 0.717) is 18.7 Å². The van der Waals surface area contributed by atoms with E-state index in [4.69, 9.17) is 0 Å². The van der Waals surface area contributed by atoms with Crippen molar-refractivity contribution in [1.29, 1.82) is 0 Å². The van der Waals surface area contributed by atoms with E-state index >= 15 is 0 Å². The number of amides is 1. The third-order valence-corrected chi connectivity index (χ3v) is 6.15. The molecule has 1 heterocycles. The fraction of sp³-hybridized carbons (Fsp3) is 0.409. The highest BCUT2D eigenvalue weighted by Gasteiger charge is 2.36. The molecule has 1 aliphatic heterocycles. The Morgan fingerprint density at radius 1 is 1.10 bits per heavy atom. The summed E-state index contributed by atoms with van der Waals surface area (Å²) < 4.78 is 58.6. The van der Waals surface area contributed by atoms with Gasteiger partial charge in [0.1, 0.15) is 0 Å². The molecule has 2 aromatic rings. The number of nitrogens with zero attached hydrogens (tertiary/aromatic N) is 1. The normalized spacial score (nSPS) is 15.3. The standard InChI is InChI=1S/C22H24F4N2OS/c1-5-8-28-16-7-6-13(9-15(16)22(3,4)10-17(28)29)27-30-11-14-20(25)18(23)12(2)19(24)21(14)26/h6-7,9,27H,5,8,10-11H2,1-4H3. The Morgan fingerprint density at radius 3 is 2.33 bits per heavy atom. The van der Waals surface area contributed by atoms with Crippen LogP contribution in [0.3, 0.4) is 0 Å². The van der Waals surface area contributed by atoms with Gasteiger partial charge in [0.2, 0.25) is 5.91 Å². The highest BCUT2D eigenvalue weighted by molar-refractivity contribution is 7.99. The summed E-state index contributed by atoms with van der Waals surface area (Å²) in [6, 6.07) is 5.52. The third kappa shape index (κ3) is 4.02. The van der Waals surface area contributed by atoms with Gasteiger partial charge in [0, 0.05) is 46.6 Å². The van der Waals surface area contributed by atoms with E-state index in [2.05, 4.69) is 4.72 Å². The minimum atomic E-state index is -1.37. The van der Waals surface area contributed by atoms with Crippen LogP contribution >= 0.6 is 11.9 Å². The number of hydrogen-bond donors (Lipinski definition) is 1. The Hall–Kier alpha value is -2.22. The van der Waals surface area contributed by atoms with Crippen molar-refractivity contribution in [2.45, 2.75) is 51.7 Å². The van der Waals surface area contributed by atoms with E-state index in [1.165, 1.54) is 0 Å². The summed E-state index contributed by atoms with van der Waals surface area (Å²) in [4.78, 5) is 14.3. The Morgan fingerprint density at radius 2 is 1.73 bits per heavy atom. The molecule has 0 saturated heterocycles. The van der Waals surface area contributed by atoms with E-state index < -0.39 is 34.4 Å². The van der Waals surface area contributed by atoms with Crippen LogP contribution in [0.25, 0.3) is 0 Å². The maximum absolute atomic E-state index is 14.0. The molecule has 0 bridgehead atoms. The highest BCUT2D eigenvalue weighted by atomic mass is 32.2. The van der Waals surface area contributed by atoms with Crippen molar-refractivity contribution in [3.05, 3.63) is 58.2 Å². The summed E-state index contributed by atoms with van der Waals surface area (Å²) in [7, 11) is 0. The van der Waals surface area contributed by atoms with Crippen LogP contribution in [0.2, 0.25) is 0 Å². The van der Waals surface area contributed by atoms with Crippen molar-refractivity contribution >= 4 is 29.2 Å². The number of carbonyl (C=O) groups excluding carboxylic acids is 1. The molecule has 0 unspecified atom stereocenters. The average Bonchev–Trinajstić information content (AvgIpc) is 2.70. The first kappa shape index (κ1) is 22.5. The van der Waals surface area contributed by atoms with Crippen LogP contribution in [-0.4, -0.2) is 12.5 Å². The summed E-state index contributed by atoms with van der Waals surface area (Å²) in [6.45, 7) is 7.62.